The van der Waals surface area contributed by atoms with E-state index in [1.54, 1.807) is 6.08 Å². The molecule has 0 bridgehead atoms. The fourth-order valence-electron chi connectivity index (χ4n) is 2.07. The summed E-state index contributed by atoms with van der Waals surface area (Å²) in [6, 6.07) is 5.76. The van der Waals surface area contributed by atoms with Gasteiger partial charge >= 0.3 is 0 Å². The Labute approximate surface area is 92.0 Å². The first-order valence-corrected chi connectivity index (χ1v) is 5.21. The number of aryl methyl sites for hydroxylation is 1. The van der Waals surface area contributed by atoms with Gasteiger partial charge < -0.3 is 4.42 Å². The smallest absolute Gasteiger partial charge is 0.235 e. The first kappa shape index (κ1) is 9.31. The van der Waals surface area contributed by atoms with Crippen LogP contribution in [0.2, 0.25) is 0 Å². The topological polar surface area (TPSA) is 55.5 Å². The van der Waals surface area contributed by atoms with Gasteiger partial charge in [0.15, 0.2) is 11.5 Å². The fourth-order valence-corrected chi connectivity index (χ4v) is 2.07. The predicted octanol–water partition coefficient (Wildman–Crippen LogP) is 2.46. The number of aliphatic imine (C=N–C) groups is 1. The van der Waals surface area contributed by atoms with Gasteiger partial charge in [0.05, 0.1) is 0 Å². The summed E-state index contributed by atoms with van der Waals surface area (Å²) in [5.41, 5.74) is 2.13. The molecular formula is C12H10N2O2. The molecule has 0 aliphatic heterocycles. The molecule has 2 aromatic rings. The highest BCUT2D eigenvalue weighted by molar-refractivity contribution is 5.78. The Morgan fingerprint density at radius 1 is 1.50 bits per heavy atom. The number of para-hydroxylation sites is 1. The Hall–Kier alpha value is -1.93. The van der Waals surface area contributed by atoms with Crippen LogP contribution in [0.15, 0.2) is 27.6 Å². The molecule has 16 heavy (non-hydrogen) atoms. The fraction of sp³-hybridized carbons (Fsp3) is 0.333. The van der Waals surface area contributed by atoms with Crippen LogP contribution in [0.3, 0.4) is 0 Å². The van der Waals surface area contributed by atoms with Crippen molar-refractivity contribution in [1.82, 2.24) is 4.98 Å². The largest absolute Gasteiger partial charge is 0.441 e. The zero-order valence-corrected chi connectivity index (χ0v) is 8.86. The number of hydrogen-bond acceptors (Lipinski definition) is 4. The minimum Gasteiger partial charge on any atom is -0.441 e. The third-order valence-electron chi connectivity index (χ3n) is 3.01. The summed E-state index contributed by atoms with van der Waals surface area (Å²) in [5.74, 6) is 0.633. The second kappa shape index (κ2) is 3.03. The SMILES string of the molecule is Cc1nc2cccc(C3(N=C=O)CC3)c2o1. The number of hydrogen-bond donors (Lipinski definition) is 0. The van der Waals surface area contributed by atoms with Gasteiger partial charge in [-0.1, -0.05) is 12.1 Å². The highest BCUT2D eigenvalue weighted by Crippen LogP contribution is 2.51. The maximum atomic E-state index is 10.4. The average Bonchev–Trinajstić information content (AvgIpc) is 2.92. The Bertz CT molecular complexity index is 605. The van der Waals surface area contributed by atoms with E-state index in [1.807, 2.05) is 25.1 Å². The van der Waals surface area contributed by atoms with Gasteiger partial charge in [0.25, 0.3) is 0 Å². The second-order valence-corrected chi connectivity index (χ2v) is 4.12. The van der Waals surface area contributed by atoms with Gasteiger partial charge in [0.1, 0.15) is 11.1 Å². The highest BCUT2D eigenvalue weighted by atomic mass is 16.3. The molecule has 1 aliphatic rings. The third-order valence-corrected chi connectivity index (χ3v) is 3.01. The van der Waals surface area contributed by atoms with E-state index in [9.17, 15) is 4.79 Å². The Morgan fingerprint density at radius 2 is 2.31 bits per heavy atom. The van der Waals surface area contributed by atoms with Crippen molar-refractivity contribution < 1.29 is 9.21 Å². The number of fused-ring (bicyclic) bond motifs is 1. The summed E-state index contributed by atoms with van der Waals surface area (Å²) >= 11 is 0. The first-order chi connectivity index (χ1) is 7.75. The lowest BCUT2D eigenvalue weighted by atomic mass is 10.0. The first-order valence-electron chi connectivity index (χ1n) is 5.21. The molecule has 0 N–H and O–H groups in total. The molecule has 3 rings (SSSR count). The number of aromatic nitrogens is 1. The van der Waals surface area contributed by atoms with Crippen LogP contribution in [0.1, 0.15) is 24.3 Å². The van der Waals surface area contributed by atoms with Crippen molar-refractivity contribution in [2.75, 3.05) is 0 Å². The zero-order valence-electron chi connectivity index (χ0n) is 8.86. The molecule has 0 radical (unpaired) electrons. The summed E-state index contributed by atoms with van der Waals surface area (Å²) in [6.45, 7) is 1.81. The van der Waals surface area contributed by atoms with Gasteiger partial charge in [0, 0.05) is 12.5 Å². The normalized spacial score (nSPS) is 17.1. The summed E-state index contributed by atoms with van der Waals surface area (Å²) in [4.78, 5) is 18.6. The molecule has 1 fully saturated rings. The van der Waals surface area contributed by atoms with E-state index in [1.165, 1.54) is 0 Å². The van der Waals surface area contributed by atoms with Crippen LogP contribution in [0.4, 0.5) is 0 Å². The van der Waals surface area contributed by atoms with Crippen molar-refractivity contribution in [2.45, 2.75) is 25.3 Å². The van der Waals surface area contributed by atoms with E-state index in [4.69, 9.17) is 4.42 Å². The summed E-state index contributed by atoms with van der Waals surface area (Å²) in [7, 11) is 0. The molecule has 0 atom stereocenters. The van der Waals surface area contributed by atoms with Gasteiger partial charge in [-0.05, 0) is 18.9 Å². The lowest BCUT2D eigenvalue weighted by molar-refractivity contribution is 0.545. The molecule has 0 amide bonds. The number of benzene rings is 1. The van der Waals surface area contributed by atoms with Crippen molar-refractivity contribution in [3.05, 3.63) is 29.7 Å². The zero-order chi connectivity index (χ0) is 11.2. The molecule has 4 heteroatoms. The van der Waals surface area contributed by atoms with E-state index in [-0.39, 0.29) is 0 Å². The van der Waals surface area contributed by atoms with E-state index in [0.717, 1.165) is 29.5 Å². The maximum Gasteiger partial charge on any atom is 0.235 e. The highest BCUT2D eigenvalue weighted by Gasteiger charge is 2.46. The van der Waals surface area contributed by atoms with Crippen molar-refractivity contribution in [3.63, 3.8) is 0 Å². The summed E-state index contributed by atoms with van der Waals surface area (Å²) in [6.07, 6.45) is 3.41. The molecule has 0 spiro atoms. The van der Waals surface area contributed by atoms with Crippen LogP contribution in [0.5, 0.6) is 0 Å². The number of carbonyl (C=O) groups excluding carboxylic acids is 1. The molecule has 1 saturated carbocycles. The molecule has 80 valence electrons. The van der Waals surface area contributed by atoms with Gasteiger partial charge in [-0.3, -0.25) is 0 Å². The molecule has 4 nitrogen and oxygen atoms in total. The summed E-state index contributed by atoms with van der Waals surface area (Å²) < 4.78 is 5.57. The Balaban J connectivity index is 2.27. The maximum absolute atomic E-state index is 10.4. The Morgan fingerprint density at radius 3 is 3.00 bits per heavy atom. The monoisotopic (exact) mass is 214 g/mol. The Kier molecular flexibility index (Phi) is 1.76. The van der Waals surface area contributed by atoms with Crippen LogP contribution < -0.4 is 0 Å². The van der Waals surface area contributed by atoms with Crippen LogP contribution in [0, 0.1) is 6.92 Å². The third kappa shape index (κ3) is 1.20. The van der Waals surface area contributed by atoms with Crippen molar-refractivity contribution in [3.8, 4) is 0 Å². The van der Waals surface area contributed by atoms with Crippen molar-refractivity contribution >= 4 is 17.2 Å². The lowest BCUT2D eigenvalue weighted by Gasteiger charge is -2.07. The minimum absolute atomic E-state index is 0.396. The molecule has 1 aliphatic carbocycles. The van der Waals surface area contributed by atoms with E-state index in [2.05, 4.69) is 9.98 Å². The molecular weight excluding hydrogens is 204 g/mol. The number of nitrogens with zero attached hydrogens (tertiary/aromatic N) is 2. The standard InChI is InChI=1S/C12H10N2O2/c1-8-14-10-4-2-3-9(11(10)16-8)12(5-6-12)13-7-15/h2-4H,5-6H2,1H3. The van der Waals surface area contributed by atoms with E-state index >= 15 is 0 Å². The predicted molar refractivity (Wildman–Crippen MR) is 57.8 cm³/mol. The quantitative estimate of drug-likeness (QED) is 0.570. The average molecular weight is 214 g/mol. The van der Waals surface area contributed by atoms with E-state index < -0.39 is 5.54 Å². The van der Waals surface area contributed by atoms with Gasteiger partial charge in [-0.25, -0.2) is 9.78 Å². The molecule has 0 unspecified atom stereocenters. The van der Waals surface area contributed by atoms with Crippen LogP contribution >= 0.6 is 0 Å². The molecule has 0 saturated heterocycles. The van der Waals surface area contributed by atoms with Gasteiger partial charge in [-0.15, -0.1) is 0 Å². The van der Waals surface area contributed by atoms with Gasteiger partial charge in [-0.2, -0.15) is 4.99 Å². The van der Waals surface area contributed by atoms with Crippen LogP contribution in [-0.2, 0) is 10.3 Å². The van der Waals surface area contributed by atoms with E-state index in [0.29, 0.717) is 5.89 Å². The van der Waals surface area contributed by atoms with Crippen LogP contribution in [-0.4, -0.2) is 11.1 Å². The number of oxazole rings is 1. The number of rotatable bonds is 2. The lowest BCUT2D eigenvalue weighted by Crippen LogP contribution is -2.02. The number of isocyanates is 1. The van der Waals surface area contributed by atoms with Gasteiger partial charge in [0.2, 0.25) is 6.08 Å². The van der Waals surface area contributed by atoms with Crippen molar-refractivity contribution in [1.29, 1.82) is 0 Å². The van der Waals surface area contributed by atoms with Crippen molar-refractivity contribution in [2.24, 2.45) is 4.99 Å². The molecule has 1 heterocycles. The second-order valence-electron chi connectivity index (χ2n) is 4.12. The minimum atomic E-state index is -0.396. The molecule has 1 aromatic carbocycles. The van der Waals surface area contributed by atoms with Crippen LogP contribution in [0.25, 0.3) is 11.1 Å². The summed E-state index contributed by atoms with van der Waals surface area (Å²) in [5, 5.41) is 0. The molecule has 1 aromatic heterocycles.